The second kappa shape index (κ2) is 5.64. The van der Waals surface area contributed by atoms with Gasteiger partial charge < -0.3 is 5.32 Å². The molecular weight excluding hydrogens is 282 g/mol. The van der Waals surface area contributed by atoms with Crippen LogP contribution in [0.15, 0.2) is 18.3 Å². The van der Waals surface area contributed by atoms with Gasteiger partial charge in [0.1, 0.15) is 5.82 Å². The Morgan fingerprint density at radius 3 is 3.10 bits per heavy atom. The van der Waals surface area contributed by atoms with Gasteiger partial charge in [0, 0.05) is 17.0 Å². The number of fused-ring (bicyclic) bond motifs is 1. The molecule has 0 saturated carbocycles. The molecule has 1 unspecified atom stereocenters. The molecule has 1 aliphatic rings. The monoisotopic (exact) mass is 303 g/mol. The lowest BCUT2D eigenvalue weighted by molar-refractivity contribution is 0.102. The Hall–Kier alpha value is -1.62. The molecule has 0 saturated heterocycles. The van der Waals surface area contributed by atoms with Gasteiger partial charge in [0.25, 0.3) is 5.91 Å². The fourth-order valence-corrected chi connectivity index (χ4v) is 3.92. The number of hydrogen-bond acceptors (Lipinski definition) is 3. The zero-order chi connectivity index (χ0) is 15.0. The van der Waals surface area contributed by atoms with Crippen molar-refractivity contribution in [2.45, 2.75) is 46.1 Å². The second-order valence-corrected chi connectivity index (χ2v) is 7.25. The van der Waals surface area contributed by atoms with E-state index in [0.717, 1.165) is 29.5 Å². The number of anilines is 1. The summed E-state index contributed by atoms with van der Waals surface area (Å²) in [5.74, 6) is 1.46. The van der Waals surface area contributed by atoms with E-state index in [-0.39, 0.29) is 11.9 Å². The highest BCUT2D eigenvalue weighted by molar-refractivity contribution is 7.14. The molecule has 112 valence electrons. The maximum Gasteiger partial charge on any atom is 0.266 e. The number of aryl methyl sites for hydroxylation is 1. The van der Waals surface area contributed by atoms with Crippen molar-refractivity contribution in [3.05, 3.63) is 33.6 Å². The molecule has 0 aliphatic heterocycles. The van der Waals surface area contributed by atoms with Crippen LogP contribution in [0.1, 0.15) is 53.3 Å². The van der Waals surface area contributed by atoms with E-state index in [1.807, 2.05) is 24.6 Å². The molecule has 0 bridgehead atoms. The minimum atomic E-state index is -0.0237. The number of rotatable bonds is 3. The third kappa shape index (κ3) is 2.88. The molecule has 5 heteroatoms. The van der Waals surface area contributed by atoms with Crippen molar-refractivity contribution in [1.29, 1.82) is 0 Å². The Morgan fingerprint density at radius 1 is 1.52 bits per heavy atom. The molecule has 0 spiro atoms. The number of amides is 1. The smallest absolute Gasteiger partial charge is 0.266 e. The summed E-state index contributed by atoms with van der Waals surface area (Å²) in [4.78, 5) is 14.6. The minimum absolute atomic E-state index is 0.0237. The molecule has 0 radical (unpaired) electrons. The van der Waals surface area contributed by atoms with Crippen LogP contribution in [0.4, 0.5) is 5.82 Å². The van der Waals surface area contributed by atoms with E-state index >= 15 is 0 Å². The van der Waals surface area contributed by atoms with Crippen molar-refractivity contribution >= 4 is 23.1 Å². The highest BCUT2D eigenvalue weighted by atomic mass is 32.1. The lowest BCUT2D eigenvalue weighted by Crippen LogP contribution is -2.15. The van der Waals surface area contributed by atoms with Crippen LogP contribution >= 0.6 is 11.3 Å². The van der Waals surface area contributed by atoms with Crippen LogP contribution in [0.2, 0.25) is 0 Å². The lowest BCUT2D eigenvalue weighted by atomic mass is 9.90. The number of carbonyl (C=O) groups is 1. The molecule has 3 rings (SSSR count). The molecular formula is C16H21N3OS. The summed E-state index contributed by atoms with van der Waals surface area (Å²) in [6.07, 6.45) is 5.16. The highest BCUT2D eigenvalue weighted by Crippen LogP contribution is 2.32. The van der Waals surface area contributed by atoms with Gasteiger partial charge in [-0.2, -0.15) is 5.10 Å². The average molecular weight is 303 g/mol. The van der Waals surface area contributed by atoms with Gasteiger partial charge in [-0.1, -0.05) is 6.92 Å². The maximum atomic E-state index is 12.4. The van der Waals surface area contributed by atoms with Crippen LogP contribution in [0.3, 0.4) is 0 Å². The number of thiophene rings is 1. The van der Waals surface area contributed by atoms with Gasteiger partial charge in [-0.3, -0.25) is 4.79 Å². The van der Waals surface area contributed by atoms with Gasteiger partial charge in [0.2, 0.25) is 0 Å². The van der Waals surface area contributed by atoms with Gasteiger partial charge in [-0.05, 0) is 50.7 Å². The minimum Gasteiger partial charge on any atom is -0.306 e. The van der Waals surface area contributed by atoms with Crippen LogP contribution in [0.5, 0.6) is 0 Å². The first-order valence-corrected chi connectivity index (χ1v) is 8.32. The van der Waals surface area contributed by atoms with Crippen molar-refractivity contribution in [3.8, 4) is 0 Å². The zero-order valence-electron chi connectivity index (χ0n) is 12.7. The van der Waals surface area contributed by atoms with Crippen LogP contribution < -0.4 is 5.32 Å². The average Bonchev–Trinajstić information content (AvgIpc) is 3.04. The molecule has 1 amide bonds. The van der Waals surface area contributed by atoms with E-state index in [1.54, 1.807) is 17.5 Å². The highest BCUT2D eigenvalue weighted by Gasteiger charge is 2.21. The van der Waals surface area contributed by atoms with Crippen molar-refractivity contribution < 1.29 is 4.79 Å². The standard InChI is InChI=1S/C16H21N3OS/c1-10(2)19-15(6-7-17-19)18-16(20)14-9-12-8-11(3)4-5-13(12)21-14/h6-7,9-11H,4-5,8H2,1-3H3,(H,18,20). The van der Waals surface area contributed by atoms with Crippen LogP contribution in [0.25, 0.3) is 0 Å². The molecule has 21 heavy (non-hydrogen) atoms. The van der Waals surface area contributed by atoms with Gasteiger partial charge >= 0.3 is 0 Å². The lowest BCUT2D eigenvalue weighted by Gasteiger charge is -2.16. The van der Waals surface area contributed by atoms with Gasteiger partial charge in [0.05, 0.1) is 11.1 Å². The van der Waals surface area contributed by atoms with Crippen molar-refractivity contribution in [3.63, 3.8) is 0 Å². The summed E-state index contributed by atoms with van der Waals surface area (Å²) in [6.45, 7) is 6.38. The van der Waals surface area contributed by atoms with Crippen molar-refractivity contribution in [1.82, 2.24) is 9.78 Å². The fourth-order valence-electron chi connectivity index (χ4n) is 2.82. The molecule has 1 aliphatic carbocycles. The predicted molar refractivity (Wildman–Crippen MR) is 86.1 cm³/mol. The van der Waals surface area contributed by atoms with Gasteiger partial charge in [-0.25, -0.2) is 4.68 Å². The van der Waals surface area contributed by atoms with E-state index < -0.39 is 0 Å². The first kappa shape index (κ1) is 14.3. The third-order valence-corrected chi connectivity index (χ3v) is 5.19. The SMILES string of the molecule is CC1CCc2sc(C(=O)Nc3ccnn3C(C)C)cc2C1. The predicted octanol–water partition coefficient (Wildman–Crippen LogP) is 3.90. The van der Waals surface area contributed by atoms with Crippen LogP contribution in [0, 0.1) is 5.92 Å². The summed E-state index contributed by atoms with van der Waals surface area (Å²) < 4.78 is 1.83. The first-order chi connectivity index (χ1) is 10.0. The number of nitrogens with one attached hydrogen (secondary N) is 1. The number of hydrogen-bond donors (Lipinski definition) is 1. The third-order valence-electron chi connectivity index (χ3n) is 3.95. The van der Waals surface area contributed by atoms with Gasteiger partial charge in [0.15, 0.2) is 0 Å². The Labute approximate surface area is 129 Å². The summed E-state index contributed by atoms with van der Waals surface area (Å²) in [5, 5.41) is 7.22. The Bertz CT molecular complexity index is 656. The van der Waals surface area contributed by atoms with Crippen molar-refractivity contribution in [2.75, 3.05) is 5.32 Å². The molecule has 2 aromatic rings. The molecule has 1 atom stereocenters. The van der Waals surface area contributed by atoms with Crippen molar-refractivity contribution in [2.24, 2.45) is 5.92 Å². The summed E-state index contributed by atoms with van der Waals surface area (Å²) in [6, 6.07) is 4.14. The zero-order valence-corrected chi connectivity index (χ0v) is 13.5. The normalized spacial score (nSPS) is 17.8. The summed E-state index contributed by atoms with van der Waals surface area (Å²) in [7, 11) is 0. The molecule has 2 aromatic heterocycles. The fraction of sp³-hybridized carbons (Fsp3) is 0.500. The van der Waals surface area contributed by atoms with Gasteiger partial charge in [-0.15, -0.1) is 11.3 Å². The topological polar surface area (TPSA) is 46.9 Å². The van der Waals surface area contributed by atoms with E-state index in [2.05, 4.69) is 23.4 Å². The number of nitrogens with zero attached hydrogens (tertiary/aromatic N) is 2. The van der Waals surface area contributed by atoms with E-state index in [4.69, 9.17) is 0 Å². The molecule has 2 heterocycles. The van der Waals surface area contributed by atoms with Crippen LogP contribution in [-0.2, 0) is 12.8 Å². The maximum absolute atomic E-state index is 12.4. The number of carbonyl (C=O) groups excluding carboxylic acids is 1. The van der Waals surface area contributed by atoms with E-state index in [9.17, 15) is 4.79 Å². The quantitative estimate of drug-likeness (QED) is 0.934. The molecule has 0 fully saturated rings. The molecule has 4 nitrogen and oxygen atoms in total. The summed E-state index contributed by atoms with van der Waals surface area (Å²) >= 11 is 1.64. The second-order valence-electron chi connectivity index (χ2n) is 6.12. The Kier molecular flexibility index (Phi) is 3.85. The number of aromatic nitrogens is 2. The first-order valence-electron chi connectivity index (χ1n) is 7.51. The molecule has 0 aromatic carbocycles. The summed E-state index contributed by atoms with van der Waals surface area (Å²) in [5.41, 5.74) is 1.36. The molecule has 1 N–H and O–H groups in total. The van der Waals surface area contributed by atoms with E-state index in [1.165, 1.54) is 16.9 Å². The largest absolute Gasteiger partial charge is 0.306 e. The van der Waals surface area contributed by atoms with E-state index in [0.29, 0.717) is 0 Å². The Balaban J connectivity index is 1.78. The Morgan fingerprint density at radius 2 is 2.33 bits per heavy atom. The van der Waals surface area contributed by atoms with Crippen LogP contribution in [-0.4, -0.2) is 15.7 Å².